The molecule has 1 saturated carbocycles. The molecule has 1 fully saturated rings. The van der Waals surface area contributed by atoms with Crippen LogP contribution >= 0.6 is 0 Å². The summed E-state index contributed by atoms with van der Waals surface area (Å²) in [5.74, 6) is 2.24. The Hall–Kier alpha value is -1.98. The molecule has 0 aromatic heterocycles. The van der Waals surface area contributed by atoms with Gasteiger partial charge in [0.2, 0.25) is 6.79 Å². The van der Waals surface area contributed by atoms with Crippen molar-refractivity contribution in [2.45, 2.75) is 39.2 Å². The maximum Gasteiger partial charge on any atom is 0.296 e. The molecule has 114 valence electrons. The first-order chi connectivity index (χ1) is 10.0. The van der Waals surface area contributed by atoms with Gasteiger partial charge in [0.05, 0.1) is 11.0 Å². The molecule has 3 unspecified atom stereocenters. The number of benzene rings is 1. The van der Waals surface area contributed by atoms with Crippen LogP contribution < -0.4 is 14.8 Å². The van der Waals surface area contributed by atoms with Crippen LogP contribution in [0.5, 0.6) is 11.5 Å². The molecular weight excluding hydrogens is 272 g/mol. The van der Waals surface area contributed by atoms with E-state index >= 15 is 0 Å². The highest BCUT2D eigenvalue weighted by molar-refractivity contribution is 5.69. The highest BCUT2D eigenvalue weighted by Gasteiger charge is 2.29. The summed E-state index contributed by atoms with van der Waals surface area (Å²) in [7, 11) is 0. The lowest BCUT2D eigenvalue weighted by atomic mass is 9.80. The average molecular weight is 292 g/mol. The van der Waals surface area contributed by atoms with Gasteiger partial charge in [-0.2, -0.15) is 0 Å². The zero-order valence-corrected chi connectivity index (χ0v) is 12.3. The van der Waals surface area contributed by atoms with Gasteiger partial charge in [-0.1, -0.05) is 13.8 Å². The van der Waals surface area contributed by atoms with Gasteiger partial charge in [0.1, 0.15) is 5.69 Å². The fraction of sp³-hybridized carbons (Fsp3) is 0.600. The van der Waals surface area contributed by atoms with E-state index in [1.807, 2.05) is 0 Å². The normalized spacial score (nSPS) is 27.4. The Morgan fingerprint density at radius 3 is 2.62 bits per heavy atom. The van der Waals surface area contributed by atoms with Gasteiger partial charge >= 0.3 is 0 Å². The van der Waals surface area contributed by atoms with Crippen molar-refractivity contribution in [1.82, 2.24) is 0 Å². The average Bonchev–Trinajstić information content (AvgIpc) is 2.88. The molecule has 6 heteroatoms. The minimum atomic E-state index is -0.375. The SMILES string of the molecule is CC1CCC(Nc2cc3c(cc2[N+](=O)[O-])OCO3)C(C)C1. The van der Waals surface area contributed by atoms with E-state index in [-0.39, 0.29) is 23.4 Å². The lowest BCUT2D eigenvalue weighted by Crippen LogP contribution is -2.33. The lowest BCUT2D eigenvalue weighted by molar-refractivity contribution is -0.384. The summed E-state index contributed by atoms with van der Waals surface area (Å²) in [5, 5.41) is 14.6. The zero-order chi connectivity index (χ0) is 15.0. The molecule has 1 N–H and O–H groups in total. The van der Waals surface area contributed by atoms with E-state index in [9.17, 15) is 10.1 Å². The van der Waals surface area contributed by atoms with Crippen molar-refractivity contribution in [2.24, 2.45) is 11.8 Å². The lowest BCUT2D eigenvalue weighted by Gasteiger charge is -2.33. The summed E-state index contributed by atoms with van der Waals surface area (Å²) in [6.07, 6.45) is 3.34. The number of hydrogen-bond donors (Lipinski definition) is 1. The van der Waals surface area contributed by atoms with Crippen LogP contribution in [0.25, 0.3) is 0 Å². The Morgan fingerprint density at radius 1 is 1.24 bits per heavy atom. The molecule has 3 atom stereocenters. The molecule has 1 aromatic rings. The molecule has 0 spiro atoms. The van der Waals surface area contributed by atoms with Crippen molar-refractivity contribution in [2.75, 3.05) is 12.1 Å². The van der Waals surface area contributed by atoms with Crippen LogP contribution in [0.1, 0.15) is 33.1 Å². The van der Waals surface area contributed by atoms with Gasteiger partial charge in [0.15, 0.2) is 11.5 Å². The molecule has 0 amide bonds. The second-order valence-corrected chi connectivity index (χ2v) is 6.13. The monoisotopic (exact) mass is 292 g/mol. The minimum absolute atomic E-state index is 0.0464. The molecule has 0 saturated heterocycles. The predicted molar refractivity (Wildman–Crippen MR) is 78.8 cm³/mol. The summed E-state index contributed by atoms with van der Waals surface area (Å²) >= 11 is 0. The first kappa shape index (κ1) is 14.0. The maximum absolute atomic E-state index is 11.3. The Balaban J connectivity index is 1.86. The van der Waals surface area contributed by atoms with Crippen molar-refractivity contribution in [1.29, 1.82) is 0 Å². The third-order valence-corrected chi connectivity index (χ3v) is 4.46. The molecule has 1 aromatic carbocycles. The highest BCUT2D eigenvalue weighted by Crippen LogP contribution is 2.42. The molecule has 0 bridgehead atoms. The van der Waals surface area contributed by atoms with Gasteiger partial charge in [0, 0.05) is 12.1 Å². The van der Waals surface area contributed by atoms with Crippen molar-refractivity contribution < 1.29 is 14.4 Å². The van der Waals surface area contributed by atoms with Gasteiger partial charge < -0.3 is 14.8 Å². The van der Waals surface area contributed by atoms with Crippen molar-refractivity contribution in [3.63, 3.8) is 0 Å². The van der Waals surface area contributed by atoms with Gasteiger partial charge in [-0.3, -0.25) is 10.1 Å². The summed E-state index contributed by atoms with van der Waals surface area (Å²) < 4.78 is 10.5. The van der Waals surface area contributed by atoms with E-state index < -0.39 is 0 Å². The van der Waals surface area contributed by atoms with Crippen LogP contribution in [0.3, 0.4) is 0 Å². The predicted octanol–water partition coefficient (Wildman–Crippen LogP) is 3.56. The van der Waals surface area contributed by atoms with Crippen molar-refractivity contribution in [3.8, 4) is 11.5 Å². The first-order valence-electron chi connectivity index (χ1n) is 7.39. The first-order valence-corrected chi connectivity index (χ1v) is 7.39. The van der Waals surface area contributed by atoms with E-state index in [1.165, 1.54) is 6.07 Å². The van der Waals surface area contributed by atoms with Gasteiger partial charge in [-0.05, 0) is 31.1 Å². The van der Waals surface area contributed by atoms with Gasteiger partial charge in [-0.25, -0.2) is 0 Å². The molecule has 1 aliphatic heterocycles. The topological polar surface area (TPSA) is 73.6 Å². The fourth-order valence-corrected chi connectivity index (χ4v) is 3.28. The number of ether oxygens (including phenoxy) is 2. The van der Waals surface area contributed by atoms with Crippen molar-refractivity contribution in [3.05, 3.63) is 22.2 Å². The van der Waals surface area contributed by atoms with E-state index in [1.54, 1.807) is 6.07 Å². The molecule has 6 nitrogen and oxygen atoms in total. The number of rotatable bonds is 3. The molecule has 1 heterocycles. The molecule has 3 rings (SSSR count). The summed E-state index contributed by atoms with van der Waals surface area (Å²) in [4.78, 5) is 10.9. The van der Waals surface area contributed by atoms with Crippen LogP contribution in [0.15, 0.2) is 12.1 Å². The number of nitro benzene ring substituents is 1. The molecule has 21 heavy (non-hydrogen) atoms. The summed E-state index contributed by atoms with van der Waals surface area (Å²) in [6.45, 7) is 4.58. The number of anilines is 1. The molecule has 0 radical (unpaired) electrons. The number of nitro groups is 1. The van der Waals surface area contributed by atoms with Gasteiger partial charge in [0.25, 0.3) is 5.69 Å². The number of nitrogens with zero attached hydrogens (tertiary/aromatic N) is 1. The molecule has 2 aliphatic rings. The number of nitrogens with one attached hydrogen (secondary N) is 1. The standard InChI is InChI=1S/C15H20N2O4/c1-9-3-4-11(10(2)5-9)16-12-6-14-15(21-8-20-14)7-13(12)17(18)19/h6-7,9-11,16H,3-5,8H2,1-2H3. The maximum atomic E-state index is 11.3. The summed E-state index contributed by atoms with van der Waals surface area (Å²) in [6, 6.07) is 3.40. The van der Waals surface area contributed by atoms with Gasteiger partial charge in [-0.15, -0.1) is 0 Å². The molecular formula is C15H20N2O4. The fourth-order valence-electron chi connectivity index (χ4n) is 3.28. The highest BCUT2D eigenvalue weighted by atomic mass is 16.7. The van der Waals surface area contributed by atoms with Crippen LogP contribution in [0.2, 0.25) is 0 Å². The zero-order valence-electron chi connectivity index (χ0n) is 12.3. The molecule has 1 aliphatic carbocycles. The minimum Gasteiger partial charge on any atom is -0.454 e. The largest absolute Gasteiger partial charge is 0.454 e. The quantitative estimate of drug-likeness (QED) is 0.681. The van der Waals surface area contributed by atoms with Crippen molar-refractivity contribution >= 4 is 11.4 Å². The third-order valence-electron chi connectivity index (χ3n) is 4.46. The third kappa shape index (κ3) is 2.75. The van der Waals surface area contributed by atoms with E-state index in [4.69, 9.17) is 9.47 Å². The number of fused-ring (bicyclic) bond motifs is 1. The van der Waals surface area contributed by atoms with Crippen LogP contribution in [0.4, 0.5) is 11.4 Å². The Labute approximate surface area is 123 Å². The van der Waals surface area contributed by atoms with E-state index in [2.05, 4.69) is 19.2 Å². The Kier molecular flexibility index (Phi) is 3.61. The summed E-state index contributed by atoms with van der Waals surface area (Å²) in [5.41, 5.74) is 0.570. The number of hydrogen-bond acceptors (Lipinski definition) is 5. The smallest absolute Gasteiger partial charge is 0.296 e. The van der Waals surface area contributed by atoms with E-state index in [0.717, 1.165) is 25.2 Å². The van der Waals surface area contributed by atoms with Crippen LogP contribution in [-0.2, 0) is 0 Å². The second kappa shape index (κ2) is 5.42. The van der Waals surface area contributed by atoms with E-state index in [0.29, 0.717) is 23.1 Å². The Morgan fingerprint density at radius 2 is 1.95 bits per heavy atom. The van der Waals surface area contributed by atoms with Crippen LogP contribution in [-0.4, -0.2) is 17.8 Å². The Bertz CT molecular complexity index is 561. The second-order valence-electron chi connectivity index (χ2n) is 6.13. The van der Waals surface area contributed by atoms with Crippen LogP contribution in [0, 0.1) is 22.0 Å².